The summed E-state index contributed by atoms with van der Waals surface area (Å²) in [5, 5.41) is 3.77. The topological polar surface area (TPSA) is 21.3 Å². The molecule has 1 aromatic rings. The van der Waals surface area contributed by atoms with Crippen molar-refractivity contribution in [1.29, 1.82) is 0 Å². The smallest absolute Gasteiger partial charge is 0.0652 e. The van der Waals surface area contributed by atoms with Gasteiger partial charge >= 0.3 is 0 Å². The fourth-order valence-corrected chi connectivity index (χ4v) is 3.24. The van der Waals surface area contributed by atoms with Crippen LogP contribution in [0.15, 0.2) is 24.3 Å². The van der Waals surface area contributed by atoms with E-state index >= 15 is 0 Å². The number of hydrogen-bond acceptors (Lipinski definition) is 2. The Bertz CT molecular complexity index is 469. The highest BCUT2D eigenvalue weighted by molar-refractivity contribution is 5.29. The molecule has 0 aromatic heterocycles. The van der Waals surface area contributed by atoms with Crippen molar-refractivity contribution in [3.05, 3.63) is 35.4 Å². The quantitative estimate of drug-likeness (QED) is 0.884. The largest absolute Gasteiger partial charge is 0.381 e. The summed E-state index contributed by atoms with van der Waals surface area (Å²) < 4.78 is 5.53. The van der Waals surface area contributed by atoms with Crippen molar-refractivity contribution in [1.82, 2.24) is 5.32 Å². The Morgan fingerprint density at radius 3 is 2.19 bits per heavy atom. The Labute approximate surface area is 130 Å². The number of hydrogen-bond donors (Lipinski definition) is 1. The maximum absolute atomic E-state index is 5.53. The Morgan fingerprint density at radius 1 is 1.19 bits per heavy atom. The molecule has 3 atom stereocenters. The SMILES string of the molecule is COC1CC(NC(C)c2ccc(C(C)(C)C)cc2)C1(C)C. The molecule has 0 amide bonds. The van der Waals surface area contributed by atoms with E-state index in [9.17, 15) is 0 Å². The Balaban J connectivity index is 2.00. The van der Waals surface area contributed by atoms with Crippen LogP contribution in [-0.4, -0.2) is 19.3 Å². The van der Waals surface area contributed by atoms with Crippen molar-refractivity contribution in [3.63, 3.8) is 0 Å². The Kier molecular flexibility index (Phi) is 4.51. The molecule has 3 unspecified atom stereocenters. The predicted octanol–water partition coefficient (Wildman–Crippen LogP) is 4.45. The van der Waals surface area contributed by atoms with Gasteiger partial charge in [0.05, 0.1) is 6.10 Å². The van der Waals surface area contributed by atoms with E-state index < -0.39 is 0 Å². The third-order valence-electron chi connectivity index (χ3n) is 5.19. The van der Waals surface area contributed by atoms with E-state index in [1.54, 1.807) is 0 Å². The van der Waals surface area contributed by atoms with Gasteiger partial charge in [0, 0.05) is 24.6 Å². The van der Waals surface area contributed by atoms with Crippen LogP contribution in [0.2, 0.25) is 0 Å². The van der Waals surface area contributed by atoms with E-state index in [2.05, 4.69) is 71.1 Å². The maximum Gasteiger partial charge on any atom is 0.0652 e. The fraction of sp³-hybridized carbons (Fsp3) is 0.684. The molecule has 0 spiro atoms. The van der Waals surface area contributed by atoms with Gasteiger partial charge < -0.3 is 10.1 Å². The van der Waals surface area contributed by atoms with Crippen LogP contribution in [0.1, 0.15) is 65.1 Å². The first-order valence-electron chi connectivity index (χ1n) is 8.05. The second-order valence-corrected chi connectivity index (χ2v) is 8.09. The van der Waals surface area contributed by atoms with Gasteiger partial charge in [-0.15, -0.1) is 0 Å². The van der Waals surface area contributed by atoms with E-state index in [0.717, 1.165) is 6.42 Å². The van der Waals surface area contributed by atoms with Gasteiger partial charge in [0.1, 0.15) is 0 Å². The van der Waals surface area contributed by atoms with Gasteiger partial charge in [0.25, 0.3) is 0 Å². The van der Waals surface area contributed by atoms with Crippen molar-refractivity contribution in [2.75, 3.05) is 7.11 Å². The molecular weight excluding hydrogens is 258 g/mol. The molecule has 21 heavy (non-hydrogen) atoms. The van der Waals surface area contributed by atoms with E-state index in [4.69, 9.17) is 4.74 Å². The molecule has 1 aliphatic carbocycles. The van der Waals surface area contributed by atoms with Crippen LogP contribution < -0.4 is 5.32 Å². The molecule has 0 heterocycles. The summed E-state index contributed by atoms with van der Waals surface area (Å²) in [5.74, 6) is 0. The van der Waals surface area contributed by atoms with Crippen molar-refractivity contribution >= 4 is 0 Å². The summed E-state index contributed by atoms with van der Waals surface area (Å²) in [4.78, 5) is 0. The summed E-state index contributed by atoms with van der Waals surface area (Å²) in [5.41, 5.74) is 3.19. The zero-order valence-electron chi connectivity index (χ0n) is 14.7. The molecule has 0 saturated heterocycles. The molecule has 2 nitrogen and oxygen atoms in total. The molecule has 1 N–H and O–H groups in total. The van der Waals surface area contributed by atoms with E-state index in [-0.39, 0.29) is 10.8 Å². The van der Waals surface area contributed by atoms with Crippen molar-refractivity contribution in [3.8, 4) is 0 Å². The lowest BCUT2D eigenvalue weighted by Gasteiger charge is -2.52. The van der Waals surface area contributed by atoms with Gasteiger partial charge in [-0.25, -0.2) is 0 Å². The molecule has 1 fully saturated rings. The third kappa shape index (κ3) is 3.32. The lowest BCUT2D eigenvalue weighted by Crippen LogP contribution is -2.60. The lowest BCUT2D eigenvalue weighted by molar-refractivity contribution is -0.0999. The van der Waals surface area contributed by atoms with Crippen LogP contribution in [0, 0.1) is 5.41 Å². The number of rotatable bonds is 4. The summed E-state index contributed by atoms with van der Waals surface area (Å²) in [6, 6.07) is 9.95. The fourth-order valence-electron chi connectivity index (χ4n) is 3.24. The van der Waals surface area contributed by atoms with Crippen LogP contribution >= 0.6 is 0 Å². The molecular formula is C19H31NO. The number of ether oxygens (including phenoxy) is 1. The standard InChI is InChI=1S/C19H31NO/c1-13(20-16-12-17(21-7)19(16,5)6)14-8-10-15(11-9-14)18(2,3)4/h8-11,13,16-17,20H,12H2,1-7H3. The summed E-state index contributed by atoms with van der Waals surface area (Å²) in [6.45, 7) is 13.6. The van der Waals surface area contributed by atoms with Crippen LogP contribution in [0.4, 0.5) is 0 Å². The third-order valence-corrected chi connectivity index (χ3v) is 5.19. The van der Waals surface area contributed by atoms with E-state index in [1.165, 1.54) is 11.1 Å². The zero-order chi connectivity index (χ0) is 15.8. The van der Waals surface area contributed by atoms with Gasteiger partial charge in [-0.2, -0.15) is 0 Å². The van der Waals surface area contributed by atoms with E-state index in [1.807, 2.05) is 7.11 Å². The minimum Gasteiger partial charge on any atom is -0.381 e. The summed E-state index contributed by atoms with van der Waals surface area (Å²) >= 11 is 0. The minimum atomic E-state index is 0.217. The molecule has 1 aliphatic rings. The molecule has 2 heteroatoms. The molecule has 0 bridgehead atoms. The number of benzene rings is 1. The number of methoxy groups -OCH3 is 1. The van der Waals surface area contributed by atoms with Crippen molar-refractivity contribution < 1.29 is 4.74 Å². The monoisotopic (exact) mass is 289 g/mol. The molecule has 1 saturated carbocycles. The lowest BCUT2D eigenvalue weighted by atomic mass is 9.64. The average molecular weight is 289 g/mol. The van der Waals surface area contributed by atoms with Crippen LogP contribution in [-0.2, 0) is 10.2 Å². The van der Waals surface area contributed by atoms with Gasteiger partial charge in [-0.05, 0) is 29.9 Å². The van der Waals surface area contributed by atoms with E-state index in [0.29, 0.717) is 18.2 Å². The molecule has 1 aromatic carbocycles. The van der Waals surface area contributed by atoms with Gasteiger partial charge in [0.15, 0.2) is 0 Å². The van der Waals surface area contributed by atoms with Gasteiger partial charge in [0.2, 0.25) is 0 Å². The first-order valence-corrected chi connectivity index (χ1v) is 8.05. The highest BCUT2D eigenvalue weighted by Crippen LogP contribution is 2.43. The Hall–Kier alpha value is -0.860. The number of nitrogens with one attached hydrogen (secondary N) is 1. The van der Waals surface area contributed by atoms with Crippen LogP contribution in [0.25, 0.3) is 0 Å². The van der Waals surface area contributed by atoms with Gasteiger partial charge in [-0.1, -0.05) is 58.9 Å². The van der Waals surface area contributed by atoms with Crippen molar-refractivity contribution in [2.24, 2.45) is 5.41 Å². The van der Waals surface area contributed by atoms with Crippen LogP contribution in [0.5, 0.6) is 0 Å². The molecule has 0 radical (unpaired) electrons. The summed E-state index contributed by atoms with van der Waals surface area (Å²) in [7, 11) is 1.82. The molecule has 0 aliphatic heterocycles. The summed E-state index contributed by atoms with van der Waals surface area (Å²) in [6.07, 6.45) is 1.49. The highest BCUT2D eigenvalue weighted by atomic mass is 16.5. The van der Waals surface area contributed by atoms with Gasteiger partial charge in [-0.3, -0.25) is 0 Å². The normalized spacial score (nSPS) is 26.2. The zero-order valence-corrected chi connectivity index (χ0v) is 14.7. The molecule has 2 rings (SSSR count). The first-order chi connectivity index (χ1) is 9.66. The van der Waals surface area contributed by atoms with Crippen LogP contribution in [0.3, 0.4) is 0 Å². The maximum atomic E-state index is 5.53. The highest BCUT2D eigenvalue weighted by Gasteiger charge is 2.48. The molecule has 118 valence electrons. The second-order valence-electron chi connectivity index (χ2n) is 8.09. The predicted molar refractivity (Wildman–Crippen MR) is 89.7 cm³/mol. The Morgan fingerprint density at radius 2 is 1.76 bits per heavy atom. The first kappa shape index (κ1) is 16.5. The van der Waals surface area contributed by atoms with Crippen molar-refractivity contribution in [2.45, 2.75) is 71.6 Å². The second kappa shape index (κ2) is 5.73. The minimum absolute atomic E-state index is 0.217. The average Bonchev–Trinajstić information content (AvgIpc) is 2.41.